The van der Waals surface area contributed by atoms with E-state index in [1.165, 1.54) is 11.8 Å². The predicted octanol–water partition coefficient (Wildman–Crippen LogP) is 3.14. The van der Waals surface area contributed by atoms with E-state index in [0.717, 1.165) is 16.8 Å². The number of amides is 1. The fourth-order valence-electron chi connectivity index (χ4n) is 2.62. The second kappa shape index (κ2) is 8.79. The SMILES string of the molecule is Cc1ccc(S(=O)(=O)Cc2nnc(SCC(=O)Nc3ccccc3C)n2C)cc1. The number of nitrogens with zero attached hydrogens (tertiary/aromatic N) is 3. The number of rotatable bonds is 7. The normalized spacial score (nSPS) is 11.4. The Morgan fingerprint density at radius 1 is 1.07 bits per heavy atom. The van der Waals surface area contributed by atoms with Gasteiger partial charge in [0.25, 0.3) is 0 Å². The lowest BCUT2D eigenvalue weighted by Crippen LogP contribution is -2.15. The van der Waals surface area contributed by atoms with E-state index in [1.54, 1.807) is 35.9 Å². The van der Waals surface area contributed by atoms with E-state index in [1.807, 2.05) is 38.1 Å². The Morgan fingerprint density at radius 3 is 2.45 bits per heavy atom. The van der Waals surface area contributed by atoms with Crippen molar-refractivity contribution in [3.63, 3.8) is 0 Å². The summed E-state index contributed by atoms with van der Waals surface area (Å²) in [7, 11) is -1.83. The van der Waals surface area contributed by atoms with Crippen molar-refractivity contribution in [2.75, 3.05) is 11.1 Å². The van der Waals surface area contributed by atoms with Crippen molar-refractivity contribution in [2.45, 2.75) is 29.7 Å². The van der Waals surface area contributed by atoms with Crippen LogP contribution in [-0.2, 0) is 27.4 Å². The highest BCUT2D eigenvalue weighted by atomic mass is 32.2. The van der Waals surface area contributed by atoms with Crippen molar-refractivity contribution in [2.24, 2.45) is 7.05 Å². The number of hydrogen-bond acceptors (Lipinski definition) is 6. The highest BCUT2D eigenvalue weighted by molar-refractivity contribution is 7.99. The zero-order valence-corrected chi connectivity index (χ0v) is 18.0. The standard InChI is InChI=1S/C20H22N4O3S2/c1-14-8-10-16(11-9-14)29(26,27)13-18-22-23-20(24(18)3)28-12-19(25)21-17-7-5-4-6-15(17)2/h4-11H,12-13H2,1-3H3,(H,21,25). The molecule has 1 aromatic heterocycles. The van der Waals surface area contributed by atoms with Crippen molar-refractivity contribution in [1.29, 1.82) is 0 Å². The van der Waals surface area contributed by atoms with E-state index in [-0.39, 0.29) is 22.3 Å². The third-order valence-corrected chi connectivity index (χ3v) is 7.02. The summed E-state index contributed by atoms with van der Waals surface area (Å²) in [6, 6.07) is 14.2. The molecule has 3 rings (SSSR count). The van der Waals surface area contributed by atoms with Gasteiger partial charge in [0.2, 0.25) is 5.91 Å². The molecule has 1 heterocycles. The van der Waals surface area contributed by atoms with Gasteiger partial charge in [-0.25, -0.2) is 8.42 Å². The first-order chi connectivity index (χ1) is 13.8. The lowest BCUT2D eigenvalue weighted by atomic mass is 10.2. The molecule has 0 aliphatic heterocycles. The number of sulfone groups is 1. The average molecular weight is 431 g/mol. The monoisotopic (exact) mass is 430 g/mol. The summed E-state index contributed by atoms with van der Waals surface area (Å²) in [5, 5.41) is 11.4. The maximum absolute atomic E-state index is 12.6. The Hall–Kier alpha value is -2.65. The zero-order chi connectivity index (χ0) is 21.0. The van der Waals surface area contributed by atoms with Crippen LogP contribution in [0.25, 0.3) is 0 Å². The van der Waals surface area contributed by atoms with Crippen LogP contribution < -0.4 is 5.32 Å². The molecule has 0 bridgehead atoms. The minimum absolute atomic E-state index is 0.144. The van der Waals surface area contributed by atoms with Gasteiger partial charge in [-0.1, -0.05) is 47.7 Å². The highest BCUT2D eigenvalue weighted by Gasteiger charge is 2.20. The molecular weight excluding hydrogens is 408 g/mol. The van der Waals surface area contributed by atoms with Gasteiger partial charge in [0.15, 0.2) is 15.0 Å². The van der Waals surface area contributed by atoms with Crippen LogP contribution in [0.3, 0.4) is 0 Å². The van der Waals surface area contributed by atoms with Gasteiger partial charge in [-0.15, -0.1) is 10.2 Å². The fourth-order valence-corrected chi connectivity index (χ4v) is 4.66. The van der Waals surface area contributed by atoms with E-state index in [0.29, 0.717) is 11.0 Å². The van der Waals surface area contributed by atoms with Gasteiger partial charge in [0.1, 0.15) is 11.6 Å². The first-order valence-electron chi connectivity index (χ1n) is 8.92. The van der Waals surface area contributed by atoms with Crippen molar-refractivity contribution < 1.29 is 13.2 Å². The average Bonchev–Trinajstić information content (AvgIpc) is 3.01. The summed E-state index contributed by atoms with van der Waals surface area (Å²) in [5.41, 5.74) is 2.74. The summed E-state index contributed by atoms with van der Waals surface area (Å²) in [6.07, 6.45) is 0. The molecule has 152 valence electrons. The van der Waals surface area contributed by atoms with Crippen LogP contribution in [0.2, 0.25) is 0 Å². The topological polar surface area (TPSA) is 94.0 Å². The number of carbonyl (C=O) groups excluding carboxylic acids is 1. The number of hydrogen-bond donors (Lipinski definition) is 1. The Labute approximate surface area is 174 Å². The van der Waals surface area contributed by atoms with Crippen LogP contribution in [0.5, 0.6) is 0 Å². The summed E-state index contributed by atoms with van der Waals surface area (Å²) < 4.78 is 26.9. The number of benzene rings is 2. The molecule has 0 atom stereocenters. The highest BCUT2D eigenvalue weighted by Crippen LogP contribution is 2.21. The van der Waals surface area contributed by atoms with Crippen LogP contribution in [-0.4, -0.2) is 34.8 Å². The van der Waals surface area contributed by atoms with Gasteiger partial charge in [-0.05, 0) is 37.6 Å². The van der Waals surface area contributed by atoms with Crippen LogP contribution in [0.1, 0.15) is 17.0 Å². The minimum Gasteiger partial charge on any atom is -0.325 e. The van der Waals surface area contributed by atoms with E-state index >= 15 is 0 Å². The summed E-state index contributed by atoms with van der Waals surface area (Å²) >= 11 is 1.21. The largest absolute Gasteiger partial charge is 0.325 e. The lowest BCUT2D eigenvalue weighted by Gasteiger charge is -2.08. The molecule has 0 saturated heterocycles. The fraction of sp³-hybridized carbons (Fsp3) is 0.250. The third kappa shape index (κ3) is 5.24. The lowest BCUT2D eigenvalue weighted by molar-refractivity contribution is -0.113. The van der Waals surface area contributed by atoms with Crippen molar-refractivity contribution in [1.82, 2.24) is 14.8 Å². The van der Waals surface area contributed by atoms with Crippen LogP contribution in [0.15, 0.2) is 58.6 Å². The molecule has 9 heteroatoms. The van der Waals surface area contributed by atoms with E-state index < -0.39 is 9.84 Å². The molecule has 0 fully saturated rings. The number of thioether (sulfide) groups is 1. The molecule has 1 N–H and O–H groups in total. The van der Waals surface area contributed by atoms with E-state index in [9.17, 15) is 13.2 Å². The summed E-state index contributed by atoms with van der Waals surface area (Å²) in [5.74, 6) is 0.0501. The van der Waals surface area contributed by atoms with Gasteiger partial charge in [-0.3, -0.25) is 4.79 Å². The summed E-state index contributed by atoms with van der Waals surface area (Å²) in [6.45, 7) is 3.82. The number of aromatic nitrogens is 3. The van der Waals surface area contributed by atoms with Crippen LogP contribution >= 0.6 is 11.8 Å². The van der Waals surface area contributed by atoms with Crippen molar-refractivity contribution in [3.8, 4) is 0 Å². The summed E-state index contributed by atoms with van der Waals surface area (Å²) in [4.78, 5) is 12.5. The Morgan fingerprint density at radius 2 is 1.76 bits per heavy atom. The van der Waals surface area contributed by atoms with E-state index in [2.05, 4.69) is 15.5 Å². The zero-order valence-electron chi connectivity index (χ0n) is 16.4. The smallest absolute Gasteiger partial charge is 0.234 e. The van der Waals surface area contributed by atoms with Crippen LogP contribution in [0, 0.1) is 13.8 Å². The predicted molar refractivity (Wildman–Crippen MR) is 114 cm³/mol. The molecule has 0 radical (unpaired) electrons. The number of aryl methyl sites for hydroxylation is 2. The molecule has 0 spiro atoms. The molecule has 0 saturated carbocycles. The molecule has 0 aliphatic carbocycles. The van der Waals surface area contributed by atoms with Crippen molar-refractivity contribution in [3.05, 3.63) is 65.5 Å². The van der Waals surface area contributed by atoms with Gasteiger partial charge in [-0.2, -0.15) is 0 Å². The molecule has 0 aliphatic rings. The molecule has 7 nitrogen and oxygen atoms in total. The molecule has 0 unspecified atom stereocenters. The maximum atomic E-state index is 12.6. The second-order valence-electron chi connectivity index (χ2n) is 6.68. The van der Waals surface area contributed by atoms with Crippen molar-refractivity contribution >= 4 is 33.2 Å². The Balaban J connectivity index is 1.64. The quantitative estimate of drug-likeness (QED) is 0.579. The second-order valence-corrected chi connectivity index (χ2v) is 9.61. The van der Waals surface area contributed by atoms with E-state index in [4.69, 9.17) is 0 Å². The number of carbonyl (C=O) groups is 1. The maximum Gasteiger partial charge on any atom is 0.234 e. The third-order valence-electron chi connectivity index (χ3n) is 4.38. The molecule has 1 amide bonds. The molecule has 3 aromatic rings. The Bertz CT molecular complexity index is 1120. The molecular formula is C20H22N4O3S2. The minimum atomic E-state index is -3.53. The Kier molecular flexibility index (Phi) is 6.39. The van der Waals surface area contributed by atoms with Gasteiger partial charge in [0.05, 0.1) is 10.6 Å². The van der Waals surface area contributed by atoms with Gasteiger partial charge >= 0.3 is 0 Å². The number of para-hydroxylation sites is 1. The molecule has 29 heavy (non-hydrogen) atoms. The molecule has 2 aromatic carbocycles. The number of nitrogens with one attached hydrogen (secondary N) is 1. The van der Waals surface area contributed by atoms with Gasteiger partial charge in [0, 0.05) is 12.7 Å². The first kappa shape index (κ1) is 21.1. The van der Waals surface area contributed by atoms with Crippen LogP contribution in [0.4, 0.5) is 5.69 Å². The first-order valence-corrected chi connectivity index (χ1v) is 11.6. The number of anilines is 1. The van der Waals surface area contributed by atoms with Gasteiger partial charge < -0.3 is 9.88 Å².